The molecule has 0 fully saturated rings. The van der Waals surface area contributed by atoms with E-state index in [0.717, 1.165) is 0 Å². The molecular weight excluding hydrogens is 196 g/mol. The van der Waals surface area contributed by atoms with Gasteiger partial charge >= 0.3 is 0 Å². The first-order valence-corrected chi connectivity index (χ1v) is 4.81. The average Bonchev–Trinajstić information content (AvgIpc) is 2.45. The highest BCUT2D eigenvalue weighted by Gasteiger charge is 2.10. The maximum atomic E-state index is 11.7. The first kappa shape index (κ1) is 11.4. The lowest BCUT2D eigenvalue weighted by molar-refractivity contribution is -0.121. The predicted molar refractivity (Wildman–Crippen MR) is 57.9 cm³/mol. The van der Waals surface area contributed by atoms with Crippen molar-refractivity contribution < 1.29 is 4.79 Å². The molecule has 6 nitrogen and oxygen atoms in total. The van der Waals surface area contributed by atoms with Crippen molar-refractivity contribution in [1.29, 1.82) is 0 Å². The molecular formula is C9H16N4O2. The van der Waals surface area contributed by atoms with Gasteiger partial charge in [0, 0.05) is 26.8 Å². The van der Waals surface area contributed by atoms with Crippen molar-refractivity contribution in [3.8, 4) is 0 Å². The van der Waals surface area contributed by atoms with E-state index >= 15 is 0 Å². The number of aromatic nitrogens is 2. The number of hydrogen-bond acceptors (Lipinski definition) is 3. The lowest BCUT2D eigenvalue weighted by Gasteiger charge is -2.05. The SMILES string of the molecule is CCNC(=O)Cn1c(=O)c(NC)cn1C. The van der Waals surface area contributed by atoms with Gasteiger partial charge in [0.25, 0.3) is 5.56 Å². The standard InChI is InChI=1S/C9H16N4O2/c1-4-11-8(14)6-13-9(15)7(10-2)5-12(13)3/h5,10H,4,6H2,1-3H3,(H,11,14). The first-order chi connectivity index (χ1) is 7.10. The number of amides is 1. The van der Waals surface area contributed by atoms with Crippen LogP contribution in [0.25, 0.3) is 0 Å². The van der Waals surface area contributed by atoms with Crippen molar-refractivity contribution in [1.82, 2.24) is 14.7 Å². The molecule has 0 radical (unpaired) electrons. The Morgan fingerprint density at radius 3 is 2.67 bits per heavy atom. The van der Waals surface area contributed by atoms with E-state index in [0.29, 0.717) is 12.2 Å². The minimum atomic E-state index is -0.189. The molecule has 0 atom stereocenters. The molecule has 84 valence electrons. The number of likely N-dealkylation sites (N-methyl/N-ethyl adjacent to an activating group) is 1. The molecule has 0 bridgehead atoms. The zero-order chi connectivity index (χ0) is 11.4. The van der Waals surface area contributed by atoms with E-state index in [2.05, 4.69) is 10.6 Å². The van der Waals surface area contributed by atoms with Gasteiger partial charge in [-0.1, -0.05) is 0 Å². The molecule has 0 unspecified atom stereocenters. The summed E-state index contributed by atoms with van der Waals surface area (Å²) in [5.41, 5.74) is 0.299. The molecule has 1 rings (SSSR count). The van der Waals surface area contributed by atoms with Crippen LogP contribution < -0.4 is 16.2 Å². The van der Waals surface area contributed by atoms with E-state index in [-0.39, 0.29) is 18.0 Å². The Balaban J connectivity index is 2.90. The van der Waals surface area contributed by atoms with Crippen molar-refractivity contribution in [2.24, 2.45) is 7.05 Å². The number of nitrogens with zero attached hydrogens (tertiary/aromatic N) is 2. The summed E-state index contributed by atoms with van der Waals surface area (Å²) in [5.74, 6) is -0.163. The Hall–Kier alpha value is -1.72. The van der Waals surface area contributed by atoms with Crippen molar-refractivity contribution in [2.75, 3.05) is 18.9 Å². The summed E-state index contributed by atoms with van der Waals surface area (Å²) >= 11 is 0. The van der Waals surface area contributed by atoms with Crippen molar-refractivity contribution in [2.45, 2.75) is 13.5 Å². The molecule has 0 spiro atoms. The van der Waals surface area contributed by atoms with Crippen LogP contribution in [-0.2, 0) is 18.4 Å². The number of rotatable bonds is 4. The molecule has 6 heteroatoms. The molecule has 1 heterocycles. The van der Waals surface area contributed by atoms with E-state index < -0.39 is 0 Å². The highest BCUT2D eigenvalue weighted by Crippen LogP contribution is 1.97. The molecule has 0 aliphatic carbocycles. The second-order valence-corrected chi connectivity index (χ2v) is 3.18. The number of anilines is 1. The Labute approximate surface area is 87.9 Å². The Bertz CT molecular complexity index is 405. The molecule has 0 aliphatic rings. The lowest BCUT2D eigenvalue weighted by Crippen LogP contribution is -2.33. The maximum Gasteiger partial charge on any atom is 0.290 e. The Kier molecular flexibility index (Phi) is 3.54. The van der Waals surface area contributed by atoms with Crippen LogP contribution in [0.2, 0.25) is 0 Å². The molecule has 1 amide bonds. The third-order valence-electron chi connectivity index (χ3n) is 2.10. The molecule has 0 saturated heterocycles. The fourth-order valence-corrected chi connectivity index (χ4v) is 1.34. The van der Waals surface area contributed by atoms with E-state index in [1.165, 1.54) is 4.68 Å². The quantitative estimate of drug-likeness (QED) is 0.698. The van der Waals surface area contributed by atoms with Gasteiger partial charge < -0.3 is 10.6 Å². The molecule has 15 heavy (non-hydrogen) atoms. The number of nitrogens with one attached hydrogen (secondary N) is 2. The monoisotopic (exact) mass is 212 g/mol. The van der Waals surface area contributed by atoms with Gasteiger partial charge in [-0.15, -0.1) is 0 Å². The number of hydrogen-bond donors (Lipinski definition) is 2. The van der Waals surface area contributed by atoms with Gasteiger partial charge in [0.05, 0.1) is 0 Å². The second kappa shape index (κ2) is 4.68. The van der Waals surface area contributed by atoms with E-state index in [9.17, 15) is 9.59 Å². The minimum absolute atomic E-state index is 0.0465. The normalized spacial score (nSPS) is 10.1. The summed E-state index contributed by atoms with van der Waals surface area (Å²) in [6, 6.07) is 0. The molecule has 2 N–H and O–H groups in total. The summed E-state index contributed by atoms with van der Waals surface area (Å²) in [4.78, 5) is 23.0. The van der Waals surface area contributed by atoms with Gasteiger partial charge in [0.2, 0.25) is 5.91 Å². The summed E-state index contributed by atoms with van der Waals surface area (Å²) in [5, 5.41) is 5.42. The smallest absolute Gasteiger partial charge is 0.290 e. The van der Waals surface area contributed by atoms with Gasteiger partial charge in [0.15, 0.2) is 0 Å². The molecule has 0 saturated carbocycles. The number of carbonyl (C=O) groups excluding carboxylic acids is 1. The van der Waals surface area contributed by atoms with Gasteiger partial charge in [-0.3, -0.25) is 14.3 Å². The lowest BCUT2D eigenvalue weighted by atomic mass is 10.5. The Morgan fingerprint density at radius 2 is 2.20 bits per heavy atom. The van der Waals surface area contributed by atoms with Crippen molar-refractivity contribution in [3.63, 3.8) is 0 Å². The molecule has 1 aromatic heterocycles. The largest absolute Gasteiger partial charge is 0.382 e. The summed E-state index contributed by atoms with van der Waals surface area (Å²) in [6.07, 6.45) is 1.65. The summed E-state index contributed by atoms with van der Waals surface area (Å²) < 4.78 is 2.97. The van der Waals surface area contributed by atoms with Crippen LogP contribution >= 0.6 is 0 Å². The predicted octanol–water partition coefficient (Wildman–Crippen LogP) is -0.635. The summed E-state index contributed by atoms with van der Waals surface area (Å²) in [6.45, 7) is 2.45. The van der Waals surface area contributed by atoms with Crippen LogP contribution in [0.5, 0.6) is 0 Å². The third-order valence-corrected chi connectivity index (χ3v) is 2.10. The number of carbonyl (C=O) groups is 1. The van der Waals surface area contributed by atoms with E-state index in [1.54, 1.807) is 25.0 Å². The highest BCUT2D eigenvalue weighted by atomic mass is 16.2. The molecule has 0 aromatic carbocycles. The van der Waals surface area contributed by atoms with Crippen LogP contribution in [0.15, 0.2) is 11.0 Å². The van der Waals surface area contributed by atoms with E-state index in [1.807, 2.05) is 6.92 Å². The van der Waals surface area contributed by atoms with Gasteiger partial charge in [-0.2, -0.15) is 0 Å². The minimum Gasteiger partial charge on any atom is -0.382 e. The van der Waals surface area contributed by atoms with Crippen LogP contribution in [0.3, 0.4) is 0 Å². The third kappa shape index (κ3) is 2.39. The van der Waals surface area contributed by atoms with Crippen LogP contribution in [-0.4, -0.2) is 28.9 Å². The summed E-state index contributed by atoms with van der Waals surface area (Å²) in [7, 11) is 3.40. The number of aryl methyl sites for hydroxylation is 1. The fourth-order valence-electron chi connectivity index (χ4n) is 1.34. The zero-order valence-electron chi connectivity index (χ0n) is 9.20. The molecule has 0 aliphatic heterocycles. The maximum absolute atomic E-state index is 11.7. The van der Waals surface area contributed by atoms with Gasteiger partial charge in [-0.25, -0.2) is 4.68 Å². The highest BCUT2D eigenvalue weighted by molar-refractivity contribution is 5.75. The van der Waals surface area contributed by atoms with E-state index in [4.69, 9.17) is 0 Å². The average molecular weight is 212 g/mol. The molecule has 1 aromatic rings. The van der Waals surface area contributed by atoms with Crippen LogP contribution in [0.1, 0.15) is 6.92 Å². The fraction of sp³-hybridized carbons (Fsp3) is 0.556. The van der Waals surface area contributed by atoms with Gasteiger partial charge in [0.1, 0.15) is 12.2 Å². The van der Waals surface area contributed by atoms with Crippen molar-refractivity contribution >= 4 is 11.6 Å². The zero-order valence-corrected chi connectivity index (χ0v) is 9.20. The Morgan fingerprint density at radius 1 is 1.53 bits per heavy atom. The second-order valence-electron chi connectivity index (χ2n) is 3.18. The van der Waals surface area contributed by atoms with Gasteiger partial charge in [-0.05, 0) is 6.92 Å². The first-order valence-electron chi connectivity index (χ1n) is 4.81. The van der Waals surface area contributed by atoms with Crippen LogP contribution in [0.4, 0.5) is 5.69 Å². The van der Waals surface area contributed by atoms with Crippen LogP contribution in [0, 0.1) is 0 Å². The van der Waals surface area contributed by atoms with Crippen molar-refractivity contribution in [3.05, 3.63) is 16.6 Å². The topological polar surface area (TPSA) is 68.1 Å².